The van der Waals surface area contributed by atoms with Crippen molar-refractivity contribution in [2.24, 2.45) is 11.8 Å². The van der Waals surface area contributed by atoms with Gasteiger partial charge in [-0.3, -0.25) is 9.59 Å². The summed E-state index contributed by atoms with van der Waals surface area (Å²) in [7, 11) is 0. The number of amides is 1. The number of hydrogen-bond acceptors (Lipinski definition) is 2. The minimum Gasteiger partial charge on any atom is -0.481 e. The predicted molar refractivity (Wildman–Crippen MR) is 72.9 cm³/mol. The van der Waals surface area contributed by atoms with Crippen LogP contribution in [0.3, 0.4) is 0 Å². The summed E-state index contributed by atoms with van der Waals surface area (Å²) >= 11 is 0. The highest BCUT2D eigenvalue weighted by atomic mass is 19.1. The van der Waals surface area contributed by atoms with E-state index in [1.54, 1.807) is 12.1 Å². The predicted octanol–water partition coefficient (Wildman–Crippen LogP) is 2.68. The normalized spacial score (nSPS) is 21.7. The van der Waals surface area contributed by atoms with Crippen molar-refractivity contribution in [3.8, 4) is 0 Å². The van der Waals surface area contributed by atoms with Crippen LogP contribution in [-0.4, -0.2) is 23.5 Å². The van der Waals surface area contributed by atoms with Gasteiger partial charge < -0.3 is 10.0 Å². The van der Waals surface area contributed by atoms with Gasteiger partial charge in [-0.15, -0.1) is 0 Å². The zero-order chi connectivity index (χ0) is 14.7. The van der Waals surface area contributed by atoms with Gasteiger partial charge in [0, 0.05) is 12.2 Å². The van der Waals surface area contributed by atoms with Crippen molar-refractivity contribution < 1.29 is 19.1 Å². The van der Waals surface area contributed by atoms with Gasteiger partial charge in [-0.2, -0.15) is 0 Å². The van der Waals surface area contributed by atoms with E-state index < -0.39 is 17.8 Å². The molecule has 2 rings (SSSR count). The van der Waals surface area contributed by atoms with Gasteiger partial charge in [0.05, 0.1) is 11.8 Å². The third kappa shape index (κ3) is 2.81. The summed E-state index contributed by atoms with van der Waals surface area (Å²) in [4.78, 5) is 25.3. The molecule has 4 nitrogen and oxygen atoms in total. The number of benzene rings is 1. The Morgan fingerprint density at radius 1 is 1.25 bits per heavy atom. The first-order valence-electron chi connectivity index (χ1n) is 6.84. The standard InChI is InChI=1S/C15H18FNO3/c1-2-17(11-8-6-10(16)7-9-11)14(18)12-4-3-5-13(12)15(19)20/h6-9,12-13H,2-5H2,1H3,(H,19,20). The average molecular weight is 279 g/mol. The number of nitrogens with zero attached hydrogens (tertiary/aromatic N) is 1. The number of rotatable bonds is 4. The number of carboxylic acid groups (broad SMARTS) is 1. The number of carbonyl (C=O) groups is 2. The third-order valence-electron chi connectivity index (χ3n) is 3.87. The maximum atomic E-state index is 12.9. The fourth-order valence-electron chi connectivity index (χ4n) is 2.84. The molecule has 1 N–H and O–H groups in total. The second kappa shape index (κ2) is 6.03. The van der Waals surface area contributed by atoms with E-state index in [4.69, 9.17) is 0 Å². The zero-order valence-electron chi connectivity index (χ0n) is 11.4. The van der Waals surface area contributed by atoms with Crippen LogP contribution in [-0.2, 0) is 9.59 Å². The molecule has 1 aliphatic carbocycles. The second-order valence-corrected chi connectivity index (χ2v) is 5.04. The van der Waals surface area contributed by atoms with E-state index in [2.05, 4.69) is 0 Å². The summed E-state index contributed by atoms with van der Waals surface area (Å²) in [5, 5.41) is 9.17. The first-order valence-corrected chi connectivity index (χ1v) is 6.84. The molecule has 2 unspecified atom stereocenters. The molecule has 20 heavy (non-hydrogen) atoms. The Kier molecular flexibility index (Phi) is 4.37. The molecule has 1 fully saturated rings. The first-order chi connectivity index (χ1) is 9.54. The fourth-order valence-corrected chi connectivity index (χ4v) is 2.84. The zero-order valence-corrected chi connectivity index (χ0v) is 11.4. The molecule has 1 amide bonds. The van der Waals surface area contributed by atoms with Gasteiger partial charge in [0.25, 0.3) is 0 Å². The van der Waals surface area contributed by atoms with Crippen molar-refractivity contribution in [3.63, 3.8) is 0 Å². The van der Waals surface area contributed by atoms with Gasteiger partial charge in [0.15, 0.2) is 0 Å². The molecule has 0 saturated heterocycles. The highest BCUT2D eigenvalue weighted by molar-refractivity contribution is 5.97. The van der Waals surface area contributed by atoms with Gasteiger partial charge >= 0.3 is 5.97 Å². The van der Waals surface area contributed by atoms with Gasteiger partial charge in [-0.25, -0.2) is 4.39 Å². The SMILES string of the molecule is CCN(C(=O)C1CCCC1C(=O)O)c1ccc(F)cc1. The number of carboxylic acids is 1. The lowest BCUT2D eigenvalue weighted by molar-refractivity contribution is -0.145. The minimum absolute atomic E-state index is 0.177. The monoisotopic (exact) mass is 279 g/mol. The van der Waals surface area contributed by atoms with E-state index in [9.17, 15) is 19.1 Å². The molecule has 0 heterocycles. The van der Waals surface area contributed by atoms with Crippen LogP contribution in [0.4, 0.5) is 10.1 Å². The molecule has 0 aromatic heterocycles. The summed E-state index contributed by atoms with van der Waals surface area (Å²) in [5.74, 6) is -2.52. The average Bonchev–Trinajstić information content (AvgIpc) is 2.91. The summed E-state index contributed by atoms with van der Waals surface area (Å²) in [6, 6.07) is 5.69. The number of aliphatic carboxylic acids is 1. The highest BCUT2D eigenvalue weighted by Crippen LogP contribution is 2.34. The van der Waals surface area contributed by atoms with E-state index in [0.717, 1.165) is 6.42 Å². The Hall–Kier alpha value is -1.91. The van der Waals surface area contributed by atoms with Crippen molar-refractivity contribution in [2.75, 3.05) is 11.4 Å². The van der Waals surface area contributed by atoms with Crippen LogP contribution in [0.5, 0.6) is 0 Å². The fraction of sp³-hybridized carbons (Fsp3) is 0.467. The Bertz CT molecular complexity index is 500. The maximum absolute atomic E-state index is 12.9. The van der Waals surface area contributed by atoms with Crippen molar-refractivity contribution in [1.29, 1.82) is 0 Å². The quantitative estimate of drug-likeness (QED) is 0.921. The molecule has 0 spiro atoms. The van der Waals surface area contributed by atoms with Crippen molar-refractivity contribution in [2.45, 2.75) is 26.2 Å². The Balaban J connectivity index is 2.21. The van der Waals surface area contributed by atoms with E-state index in [-0.39, 0.29) is 11.7 Å². The molecule has 0 radical (unpaired) electrons. The second-order valence-electron chi connectivity index (χ2n) is 5.04. The molecule has 1 aromatic rings. The van der Waals surface area contributed by atoms with Crippen LogP contribution < -0.4 is 4.90 Å². The maximum Gasteiger partial charge on any atom is 0.307 e. The number of hydrogen-bond donors (Lipinski definition) is 1. The van der Waals surface area contributed by atoms with Gasteiger partial charge in [-0.1, -0.05) is 6.42 Å². The Morgan fingerprint density at radius 3 is 2.40 bits per heavy atom. The number of halogens is 1. The highest BCUT2D eigenvalue weighted by Gasteiger charge is 2.39. The summed E-state index contributed by atoms with van der Waals surface area (Å²) < 4.78 is 12.9. The topological polar surface area (TPSA) is 57.6 Å². The van der Waals surface area contributed by atoms with Crippen LogP contribution in [0.2, 0.25) is 0 Å². The molecule has 1 saturated carbocycles. The van der Waals surface area contributed by atoms with E-state index >= 15 is 0 Å². The van der Waals surface area contributed by atoms with Gasteiger partial charge in [0.1, 0.15) is 5.82 Å². The molecule has 0 bridgehead atoms. The van der Waals surface area contributed by atoms with Gasteiger partial charge in [0.2, 0.25) is 5.91 Å². The van der Waals surface area contributed by atoms with Crippen LogP contribution in [0.25, 0.3) is 0 Å². The van der Waals surface area contributed by atoms with Crippen LogP contribution in [0.1, 0.15) is 26.2 Å². The Labute approximate surface area is 117 Å². The lowest BCUT2D eigenvalue weighted by atomic mass is 9.94. The summed E-state index contributed by atoms with van der Waals surface area (Å²) in [6.07, 6.45) is 1.91. The largest absolute Gasteiger partial charge is 0.481 e. The summed E-state index contributed by atoms with van der Waals surface area (Å²) in [5.41, 5.74) is 0.606. The van der Waals surface area contributed by atoms with E-state index in [0.29, 0.717) is 25.1 Å². The molecule has 1 aromatic carbocycles. The number of anilines is 1. The van der Waals surface area contributed by atoms with Gasteiger partial charge in [-0.05, 0) is 44.0 Å². The lowest BCUT2D eigenvalue weighted by Gasteiger charge is -2.26. The van der Waals surface area contributed by atoms with Crippen molar-refractivity contribution >= 4 is 17.6 Å². The Morgan fingerprint density at radius 2 is 1.85 bits per heavy atom. The molecule has 5 heteroatoms. The minimum atomic E-state index is -0.906. The molecule has 1 aliphatic rings. The third-order valence-corrected chi connectivity index (χ3v) is 3.87. The first kappa shape index (κ1) is 14.5. The van der Waals surface area contributed by atoms with Crippen LogP contribution in [0, 0.1) is 17.7 Å². The lowest BCUT2D eigenvalue weighted by Crippen LogP contribution is -2.39. The molecule has 108 valence electrons. The van der Waals surface area contributed by atoms with E-state index in [1.807, 2.05) is 6.92 Å². The smallest absolute Gasteiger partial charge is 0.307 e. The van der Waals surface area contributed by atoms with Crippen molar-refractivity contribution in [1.82, 2.24) is 0 Å². The molecular weight excluding hydrogens is 261 g/mol. The molecule has 2 atom stereocenters. The summed E-state index contributed by atoms with van der Waals surface area (Å²) in [6.45, 7) is 2.26. The van der Waals surface area contributed by atoms with E-state index in [1.165, 1.54) is 17.0 Å². The van der Waals surface area contributed by atoms with Crippen LogP contribution in [0.15, 0.2) is 24.3 Å². The van der Waals surface area contributed by atoms with Crippen LogP contribution >= 0.6 is 0 Å². The molecular formula is C15H18FNO3. The van der Waals surface area contributed by atoms with Crippen molar-refractivity contribution in [3.05, 3.63) is 30.1 Å². The molecule has 0 aliphatic heterocycles. The number of carbonyl (C=O) groups excluding carboxylic acids is 1.